The first kappa shape index (κ1) is 15.5. The summed E-state index contributed by atoms with van der Waals surface area (Å²) < 4.78 is 10.8. The number of benzene rings is 1. The van der Waals surface area contributed by atoms with Crippen LogP contribution in [-0.2, 0) is 0 Å². The molecule has 1 fully saturated rings. The lowest BCUT2D eigenvalue weighted by Crippen LogP contribution is -2.30. The lowest BCUT2D eigenvalue weighted by molar-refractivity contribution is 0.352. The molecule has 0 amide bonds. The minimum atomic E-state index is 0.105. The summed E-state index contributed by atoms with van der Waals surface area (Å²) in [7, 11) is 3.37. The molecule has 0 spiro atoms. The predicted octanol–water partition coefficient (Wildman–Crippen LogP) is 2.74. The molecular weight excluding hydrogens is 272 g/mol. The summed E-state index contributed by atoms with van der Waals surface area (Å²) >= 11 is 2.05. The van der Waals surface area contributed by atoms with Crippen LogP contribution in [-0.4, -0.2) is 25.7 Å². The molecule has 1 saturated heterocycles. The van der Waals surface area contributed by atoms with Crippen LogP contribution in [0.15, 0.2) is 18.2 Å². The second-order valence-electron chi connectivity index (χ2n) is 5.12. The van der Waals surface area contributed by atoms with Crippen LogP contribution in [0.5, 0.6) is 11.5 Å². The molecule has 1 aliphatic rings. The van der Waals surface area contributed by atoms with E-state index in [4.69, 9.17) is 15.3 Å². The first-order valence-electron chi connectivity index (χ1n) is 7.04. The van der Waals surface area contributed by atoms with Crippen molar-refractivity contribution in [2.75, 3.05) is 25.7 Å². The molecule has 20 heavy (non-hydrogen) atoms. The van der Waals surface area contributed by atoms with Crippen LogP contribution in [0.2, 0.25) is 0 Å². The van der Waals surface area contributed by atoms with E-state index in [-0.39, 0.29) is 6.04 Å². The topological polar surface area (TPSA) is 56.5 Å². The zero-order valence-electron chi connectivity index (χ0n) is 12.2. The standard InChI is InChI=1S/C15H24N2O2S/c1-18-12-3-4-15(19-2)13(10-12)14(17-16)9-11-5-7-20-8-6-11/h3-4,10-11,14,17H,5-9,16H2,1-2H3. The molecule has 1 aromatic rings. The van der Waals surface area contributed by atoms with E-state index in [9.17, 15) is 0 Å². The van der Waals surface area contributed by atoms with Crippen LogP contribution in [0.1, 0.15) is 30.9 Å². The molecule has 1 aliphatic heterocycles. The molecule has 1 heterocycles. The fourth-order valence-electron chi connectivity index (χ4n) is 2.71. The number of hydrogen-bond acceptors (Lipinski definition) is 5. The molecule has 1 unspecified atom stereocenters. The third kappa shape index (κ3) is 3.81. The van der Waals surface area contributed by atoms with Crippen LogP contribution in [0.25, 0.3) is 0 Å². The lowest BCUT2D eigenvalue weighted by Gasteiger charge is -2.27. The summed E-state index contributed by atoms with van der Waals surface area (Å²) in [6.45, 7) is 0. The summed E-state index contributed by atoms with van der Waals surface area (Å²) in [5, 5.41) is 0. The van der Waals surface area contributed by atoms with Gasteiger partial charge in [0, 0.05) is 5.56 Å². The van der Waals surface area contributed by atoms with Gasteiger partial charge >= 0.3 is 0 Å². The average Bonchev–Trinajstić information content (AvgIpc) is 2.53. The fraction of sp³-hybridized carbons (Fsp3) is 0.600. The van der Waals surface area contributed by atoms with E-state index in [0.717, 1.165) is 29.4 Å². The molecule has 2 rings (SSSR count). The van der Waals surface area contributed by atoms with Gasteiger partial charge in [0.25, 0.3) is 0 Å². The van der Waals surface area contributed by atoms with Crippen LogP contribution >= 0.6 is 11.8 Å². The van der Waals surface area contributed by atoms with Crippen LogP contribution < -0.4 is 20.7 Å². The summed E-state index contributed by atoms with van der Waals surface area (Å²) in [5.74, 6) is 10.7. The minimum Gasteiger partial charge on any atom is -0.497 e. The van der Waals surface area contributed by atoms with E-state index in [1.165, 1.54) is 24.3 Å². The third-order valence-corrected chi connectivity index (χ3v) is 4.97. The van der Waals surface area contributed by atoms with Gasteiger partial charge in [-0.25, -0.2) is 0 Å². The van der Waals surface area contributed by atoms with Gasteiger partial charge in [-0.15, -0.1) is 0 Å². The summed E-state index contributed by atoms with van der Waals surface area (Å²) in [6, 6.07) is 5.97. The molecule has 1 aromatic carbocycles. The molecule has 0 saturated carbocycles. The van der Waals surface area contributed by atoms with Gasteiger partial charge in [-0.2, -0.15) is 11.8 Å². The van der Waals surface area contributed by atoms with E-state index in [2.05, 4.69) is 5.43 Å². The number of rotatable bonds is 6. The molecule has 5 heteroatoms. The Morgan fingerprint density at radius 3 is 2.65 bits per heavy atom. The SMILES string of the molecule is COc1ccc(OC)c(C(CC2CCSCC2)NN)c1. The Morgan fingerprint density at radius 1 is 1.30 bits per heavy atom. The Balaban J connectivity index is 2.16. The van der Waals surface area contributed by atoms with E-state index in [0.29, 0.717) is 0 Å². The van der Waals surface area contributed by atoms with Crippen LogP contribution in [0.4, 0.5) is 0 Å². The van der Waals surface area contributed by atoms with Crippen LogP contribution in [0.3, 0.4) is 0 Å². The fourth-order valence-corrected chi connectivity index (χ4v) is 3.92. The molecular formula is C15H24N2O2S. The van der Waals surface area contributed by atoms with Crippen molar-refractivity contribution in [1.82, 2.24) is 5.43 Å². The molecule has 0 aliphatic carbocycles. The molecule has 0 bridgehead atoms. The van der Waals surface area contributed by atoms with E-state index in [1.54, 1.807) is 14.2 Å². The molecule has 0 aromatic heterocycles. The highest BCUT2D eigenvalue weighted by Gasteiger charge is 2.22. The zero-order valence-corrected chi connectivity index (χ0v) is 13.0. The van der Waals surface area contributed by atoms with E-state index < -0.39 is 0 Å². The van der Waals surface area contributed by atoms with E-state index in [1.807, 2.05) is 30.0 Å². The second kappa shape index (κ2) is 7.76. The number of nitrogens with one attached hydrogen (secondary N) is 1. The number of thioether (sulfide) groups is 1. The molecule has 4 nitrogen and oxygen atoms in total. The maximum Gasteiger partial charge on any atom is 0.123 e. The predicted molar refractivity (Wildman–Crippen MR) is 84.3 cm³/mol. The lowest BCUT2D eigenvalue weighted by atomic mass is 9.90. The van der Waals surface area contributed by atoms with Crippen molar-refractivity contribution in [1.29, 1.82) is 0 Å². The normalized spacial score (nSPS) is 17.8. The van der Waals surface area contributed by atoms with Crippen molar-refractivity contribution in [3.05, 3.63) is 23.8 Å². The Morgan fingerprint density at radius 2 is 2.05 bits per heavy atom. The third-order valence-electron chi connectivity index (χ3n) is 3.92. The Hall–Kier alpha value is -0.910. The summed E-state index contributed by atoms with van der Waals surface area (Å²) in [6.07, 6.45) is 3.59. The highest BCUT2D eigenvalue weighted by Crippen LogP contribution is 2.35. The van der Waals surface area contributed by atoms with Gasteiger partial charge in [-0.1, -0.05) is 0 Å². The highest BCUT2D eigenvalue weighted by atomic mass is 32.2. The Bertz CT molecular complexity index is 422. The van der Waals surface area contributed by atoms with Gasteiger partial charge in [0.15, 0.2) is 0 Å². The number of methoxy groups -OCH3 is 2. The Labute approximate surface area is 125 Å². The molecule has 3 N–H and O–H groups in total. The molecule has 1 atom stereocenters. The van der Waals surface area contributed by atoms with Crippen molar-refractivity contribution < 1.29 is 9.47 Å². The van der Waals surface area contributed by atoms with Gasteiger partial charge in [0.05, 0.1) is 20.3 Å². The zero-order chi connectivity index (χ0) is 14.4. The van der Waals surface area contributed by atoms with E-state index >= 15 is 0 Å². The number of hydrogen-bond donors (Lipinski definition) is 2. The van der Waals surface area contributed by atoms with Gasteiger partial charge < -0.3 is 9.47 Å². The maximum atomic E-state index is 5.79. The second-order valence-corrected chi connectivity index (χ2v) is 6.34. The largest absolute Gasteiger partial charge is 0.497 e. The molecule has 0 radical (unpaired) electrons. The van der Waals surface area contributed by atoms with Crippen molar-refractivity contribution >= 4 is 11.8 Å². The number of hydrazine groups is 1. The molecule has 112 valence electrons. The first-order valence-corrected chi connectivity index (χ1v) is 8.19. The number of ether oxygens (including phenoxy) is 2. The van der Waals surface area contributed by atoms with Gasteiger partial charge in [-0.3, -0.25) is 11.3 Å². The van der Waals surface area contributed by atoms with Gasteiger partial charge in [0.2, 0.25) is 0 Å². The van der Waals surface area contributed by atoms with Crippen LogP contribution in [0, 0.1) is 5.92 Å². The average molecular weight is 296 g/mol. The van der Waals surface area contributed by atoms with Crippen molar-refractivity contribution in [2.45, 2.75) is 25.3 Å². The van der Waals surface area contributed by atoms with Gasteiger partial charge in [0.1, 0.15) is 11.5 Å². The quantitative estimate of drug-likeness (QED) is 0.624. The van der Waals surface area contributed by atoms with Crippen molar-refractivity contribution in [3.8, 4) is 11.5 Å². The minimum absolute atomic E-state index is 0.105. The monoisotopic (exact) mass is 296 g/mol. The highest BCUT2D eigenvalue weighted by molar-refractivity contribution is 7.99. The maximum absolute atomic E-state index is 5.79. The first-order chi connectivity index (χ1) is 9.78. The number of nitrogens with two attached hydrogens (primary N) is 1. The van der Waals surface area contributed by atoms with Crippen molar-refractivity contribution in [3.63, 3.8) is 0 Å². The Kier molecular flexibility index (Phi) is 6.01. The smallest absolute Gasteiger partial charge is 0.123 e. The van der Waals surface area contributed by atoms with Crippen molar-refractivity contribution in [2.24, 2.45) is 11.8 Å². The summed E-state index contributed by atoms with van der Waals surface area (Å²) in [5.41, 5.74) is 4.03. The van der Waals surface area contributed by atoms with Gasteiger partial charge in [-0.05, 0) is 54.9 Å². The summed E-state index contributed by atoms with van der Waals surface area (Å²) in [4.78, 5) is 0.